The first-order chi connectivity index (χ1) is 10.5. The molecule has 0 unspecified atom stereocenters. The highest BCUT2D eigenvalue weighted by Crippen LogP contribution is 2.15. The van der Waals surface area contributed by atoms with Crippen LogP contribution in [-0.2, 0) is 9.53 Å². The van der Waals surface area contributed by atoms with E-state index < -0.39 is 0 Å². The quantitative estimate of drug-likeness (QED) is 0.679. The molecule has 0 saturated carbocycles. The number of benzene rings is 1. The second-order valence-electron chi connectivity index (χ2n) is 5.18. The molecule has 1 rings (SSSR count). The fourth-order valence-corrected chi connectivity index (χ4v) is 1.76. The van der Waals surface area contributed by atoms with Gasteiger partial charge < -0.3 is 19.3 Å². The minimum absolute atomic E-state index is 0.0473. The number of carbonyl (C=O) groups is 2. The number of carbonyl (C=O) groups excluding carboxylic acids is 2. The lowest BCUT2D eigenvalue weighted by atomic mass is 10.2. The summed E-state index contributed by atoms with van der Waals surface area (Å²) in [4.78, 5) is 26.9. The van der Waals surface area contributed by atoms with E-state index in [2.05, 4.69) is 0 Å². The second-order valence-corrected chi connectivity index (χ2v) is 5.18. The monoisotopic (exact) mass is 308 g/mol. The van der Waals surface area contributed by atoms with Crippen molar-refractivity contribution < 1.29 is 19.1 Å². The van der Waals surface area contributed by atoms with E-state index >= 15 is 0 Å². The van der Waals surface area contributed by atoms with Crippen LogP contribution in [0.15, 0.2) is 24.3 Å². The Balaban J connectivity index is 2.62. The van der Waals surface area contributed by atoms with E-state index in [1.807, 2.05) is 0 Å². The van der Waals surface area contributed by atoms with Gasteiger partial charge >= 0.3 is 0 Å². The van der Waals surface area contributed by atoms with E-state index in [0.29, 0.717) is 24.5 Å². The van der Waals surface area contributed by atoms with Crippen LogP contribution in [0, 0.1) is 0 Å². The zero-order valence-corrected chi connectivity index (χ0v) is 13.7. The molecule has 122 valence electrons. The molecule has 0 atom stereocenters. The van der Waals surface area contributed by atoms with Crippen LogP contribution in [0.1, 0.15) is 16.8 Å². The van der Waals surface area contributed by atoms with Crippen molar-refractivity contribution in [2.45, 2.75) is 6.42 Å². The lowest BCUT2D eigenvalue weighted by molar-refractivity contribution is -0.130. The van der Waals surface area contributed by atoms with Crippen LogP contribution in [0.5, 0.6) is 5.75 Å². The fraction of sp³-hybridized carbons (Fsp3) is 0.500. The summed E-state index contributed by atoms with van der Waals surface area (Å²) >= 11 is 0. The Morgan fingerprint density at radius 3 is 2.55 bits per heavy atom. The van der Waals surface area contributed by atoms with Gasteiger partial charge in [0.2, 0.25) is 0 Å². The van der Waals surface area contributed by atoms with Crippen molar-refractivity contribution in [2.75, 3.05) is 48.0 Å². The van der Waals surface area contributed by atoms with Crippen LogP contribution in [0.4, 0.5) is 0 Å². The predicted octanol–water partition coefficient (Wildman–Crippen LogP) is 1.26. The van der Waals surface area contributed by atoms with Crippen LogP contribution >= 0.6 is 0 Å². The molecule has 0 aliphatic carbocycles. The number of rotatable bonds is 8. The average Bonchev–Trinajstić information content (AvgIpc) is 2.52. The molecule has 6 heteroatoms. The Labute approximate surface area is 131 Å². The molecule has 2 amide bonds. The van der Waals surface area contributed by atoms with E-state index in [0.717, 1.165) is 6.42 Å². The number of hydrogen-bond acceptors (Lipinski definition) is 4. The van der Waals surface area contributed by atoms with E-state index in [9.17, 15) is 9.59 Å². The van der Waals surface area contributed by atoms with Crippen molar-refractivity contribution in [3.05, 3.63) is 29.8 Å². The van der Waals surface area contributed by atoms with E-state index in [4.69, 9.17) is 9.47 Å². The SMILES string of the molecule is COCCCN(C)C(=O)c1cccc(OCC(=O)N(C)C)c1. The first-order valence-corrected chi connectivity index (χ1v) is 7.13. The molecule has 6 nitrogen and oxygen atoms in total. The molecule has 0 aliphatic heterocycles. The molecule has 0 aromatic heterocycles. The summed E-state index contributed by atoms with van der Waals surface area (Å²) in [6.45, 7) is 1.19. The first-order valence-electron chi connectivity index (χ1n) is 7.13. The zero-order chi connectivity index (χ0) is 16.5. The van der Waals surface area contributed by atoms with Gasteiger partial charge in [0.25, 0.3) is 11.8 Å². The van der Waals surface area contributed by atoms with Gasteiger partial charge in [-0.2, -0.15) is 0 Å². The number of likely N-dealkylation sites (N-methyl/N-ethyl adjacent to an activating group) is 1. The molecule has 0 aliphatic rings. The van der Waals surface area contributed by atoms with Gasteiger partial charge in [-0.1, -0.05) is 6.07 Å². The van der Waals surface area contributed by atoms with Gasteiger partial charge in [-0.15, -0.1) is 0 Å². The smallest absolute Gasteiger partial charge is 0.259 e. The van der Waals surface area contributed by atoms with Crippen molar-refractivity contribution in [2.24, 2.45) is 0 Å². The van der Waals surface area contributed by atoms with Crippen molar-refractivity contribution in [1.29, 1.82) is 0 Å². The normalized spacial score (nSPS) is 10.2. The molecule has 22 heavy (non-hydrogen) atoms. The maximum absolute atomic E-state index is 12.3. The summed E-state index contributed by atoms with van der Waals surface area (Å²) in [5, 5.41) is 0. The second kappa shape index (κ2) is 9.04. The molecular formula is C16H24N2O4. The highest BCUT2D eigenvalue weighted by Gasteiger charge is 2.12. The zero-order valence-electron chi connectivity index (χ0n) is 13.7. The average molecular weight is 308 g/mol. The Morgan fingerprint density at radius 1 is 1.18 bits per heavy atom. The highest BCUT2D eigenvalue weighted by molar-refractivity contribution is 5.94. The molecule has 0 bridgehead atoms. The summed E-state index contributed by atoms with van der Waals surface area (Å²) in [6, 6.07) is 6.85. The standard InChI is InChI=1S/C16H24N2O4/c1-17(2)15(19)12-22-14-8-5-7-13(11-14)16(20)18(3)9-6-10-21-4/h5,7-8,11H,6,9-10,12H2,1-4H3. The van der Waals surface area contributed by atoms with Gasteiger partial charge in [-0.05, 0) is 24.6 Å². The molecule has 0 saturated heterocycles. The fourth-order valence-electron chi connectivity index (χ4n) is 1.76. The maximum Gasteiger partial charge on any atom is 0.259 e. The van der Waals surface area contributed by atoms with Gasteiger partial charge in [0.05, 0.1) is 0 Å². The molecule has 1 aromatic carbocycles. The molecule has 0 fully saturated rings. The summed E-state index contributed by atoms with van der Waals surface area (Å²) < 4.78 is 10.4. The van der Waals surface area contributed by atoms with Crippen LogP contribution in [0.2, 0.25) is 0 Å². The summed E-state index contributed by atoms with van der Waals surface area (Å²) in [5.41, 5.74) is 0.537. The summed E-state index contributed by atoms with van der Waals surface area (Å²) in [5.74, 6) is 0.292. The molecule has 0 spiro atoms. The minimum Gasteiger partial charge on any atom is -0.484 e. The van der Waals surface area contributed by atoms with Crippen LogP contribution in [0.3, 0.4) is 0 Å². The molecular weight excluding hydrogens is 284 g/mol. The number of methoxy groups -OCH3 is 1. The van der Waals surface area contributed by atoms with Gasteiger partial charge in [0, 0.05) is 47.0 Å². The van der Waals surface area contributed by atoms with E-state index in [1.165, 1.54) is 4.90 Å². The minimum atomic E-state index is -0.131. The van der Waals surface area contributed by atoms with Crippen LogP contribution in [0.25, 0.3) is 0 Å². The highest BCUT2D eigenvalue weighted by atomic mass is 16.5. The van der Waals surface area contributed by atoms with Crippen molar-refractivity contribution >= 4 is 11.8 Å². The number of amides is 2. The number of hydrogen-bond donors (Lipinski definition) is 0. The predicted molar refractivity (Wildman–Crippen MR) is 84.1 cm³/mol. The van der Waals surface area contributed by atoms with Crippen molar-refractivity contribution in [3.8, 4) is 5.75 Å². The molecule has 0 N–H and O–H groups in total. The summed E-state index contributed by atoms with van der Waals surface area (Å²) in [6.07, 6.45) is 0.784. The molecule has 0 radical (unpaired) electrons. The van der Waals surface area contributed by atoms with Crippen LogP contribution in [-0.4, -0.2) is 69.6 Å². The topological polar surface area (TPSA) is 59.1 Å². The summed E-state index contributed by atoms with van der Waals surface area (Å²) in [7, 11) is 6.72. The number of ether oxygens (including phenoxy) is 2. The van der Waals surface area contributed by atoms with Gasteiger partial charge in [-0.25, -0.2) is 0 Å². The number of nitrogens with zero attached hydrogens (tertiary/aromatic N) is 2. The largest absolute Gasteiger partial charge is 0.484 e. The Hall–Kier alpha value is -2.08. The Bertz CT molecular complexity index is 503. The van der Waals surface area contributed by atoms with E-state index in [1.54, 1.807) is 57.4 Å². The third-order valence-electron chi connectivity index (χ3n) is 3.13. The lowest BCUT2D eigenvalue weighted by Gasteiger charge is -2.17. The van der Waals surface area contributed by atoms with E-state index in [-0.39, 0.29) is 18.4 Å². The molecule has 0 heterocycles. The molecule has 1 aromatic rings. The Morgan fingerprint density at radius 2 is 1.91 bits per heavy atom. The lowest BCUT2D eigenvalue weighted by Crippen LogP contribution is -2.29. The first kappa shape index (κ1) is 18.0. The van der Waals surface area contributed by atoms with Crippen LogP contribution < -0.4 is 4.74 Å². The Kier molecular flexibility index (Phi) is 7.39. The van der Waals surface area contributed by atoms with Gasteiger partial charge in [0.1, 0.15) is 5.75 Å². The van der Waals surface area contributed by atoms with Gasteiger partial charge in [-0.3, -0.25) is 9.59 Å². The third-order valence-corrected chi connectivity index (χ3v) is 3.13. The third kappa shape index (κ3) is 5.73. The maximum atomic E-state index is 12.3. The van der Waals surface area contributed by atoms with Gasteiger partial charge in [0.15, 0.2) is 6.61 Å². The van der Waals surface area contributed by atoms with Crippen molar-refractivity contribution in [1.82, 2.24) is 9.80 Å². The van der Waals surface area contributed by atoms with Crippen molar-refractivity contribution in [3.63, 3.8) is 0 Å².